The van der Waals surface area contributed by atoms with Crippen LogP contribution in [0, 0.1) is 0 Å². The molecule has 7 heteroatoms. The first-order valence-electron chi connectivity index (χ1n) is 8.96. The second-order valence-electron chi connectivity index (χ2n) is 7.01. The molecule has 2 aliphatic heterocycles. The maximum atomic E-state index is 11.5. The van der Waals surface area contributed by atoms with E-state index in [-0.39, 0.29) is 11.6 Å². The second kappa shape index (κ2) is 7.21. The summed E-state index contributed by atoms with van der Waals surface area (Å²) in [5, 5.41) is 1.34. The minimum absolute atomic E-state index is 0.205. The number of nitrogens with zero attached hydrogens (tertiary/aromatic N) is 2. The van der Waals surface area contributed by atoms with Gasteiger partial charge in [0.1, 0.15) is 17.2 Å². The van der Waals surface area contributed by atoms with E-state index < -0.39 is 0 Å². The van der Waals surface area contributed by atoms with Crippen molar-refractivity contribution < 1.29 is 14.3 Å². The van der Waals surface area contributed by atoms with Crippen LogP contribution in [0.15, 0.2) is 30.5 Å². The maximum Gasteiger partial charge on any atom is 0.339 e. The summed E-state index contributed by atoms with van der Waals surface area (Å²) in [5.41, 5.74) is 1.26. The zero-order chi connectivity index (χ0) is 19.0. The van der Waals surface area contributed by atoms with E-state index in [1.807, 2.05) is 12.1 Å². The summed E-state index contributed by atoms with van der Waals surface area (Å²) in [5.74, 6) is 1.22. The molecule has 0 bridgehead atoms. The van der Waals surface area contributed by atoms with E-state index in [0.717, 1.165) is 60.9 Å². The fourth-order valence-corrected chi connectivity index (χ4v) is 4.30. The lowest BCUT2D eigenvalue weighted by Gasteiger charge is -2.45. The first-order valence-corrected chi connectivity index (χ1v) is 9.72. The van der Waals surface area contributed by atoms with Crippen molar-refractivity contribution in [3.05, 3.63) is 51.6 Å². The Morgan fingerprint density at radius 2 is 1.89 bits per heavy atom. The van der Waals surface area contributed by atoms with Gasteiger partial charge < -0.3 is 14.4 Å². The molecule has 142 valence electrons. The van der Waals surface area contributed by atoms with Crippen molar-refractivity contribution >= 4 is 35.0 Å². The number of hydrogen-bond donors (Lipinski definition) is 0. The summed E-state index contributed by atoms with van der Waals surface area (Å²) in [7, 11) is 1.36. The SMILES string of the molecule is COC(=O)c1ccc(N2CCC3(CCc4c(Cl)ccc(Cl)c4O3)CC2)nc1. The molecule has 27 heavy (non-hydrogen) atoms. The Morgan fingerprint density at radius 3 is 2.56 bits per heavy atom. The van der Waals surface area contributed by atoms with Crippen molar-refractivity contribution in [3.8, 4) is 5.75 Å². The molecule has 1 saturated heterocycles. The van der Waals surface area contributed by atoms with E-state index in [2.05, 4.69) is 9.88 Å². The van der Waals surface area contributed by atoms with Gasteiger partial charge in [-0.15, -0.1) is 0 Å². The third-order valence-electron chi connectivity index (χ3n) is 5.47. The fourth-order valence-electron chi connectivity index (χ4n) is 3.85. The third-order valence-corrected chi connectivity index (χ3v) is 6.12. The Balaban J connectivity index is 1.46. The normalized spacial score (nSPS) is 18.0. The molecule has 5 nitrogen and oxygen atoms in total. The Bertz CT molecular complexity index is 862. The first kappa shape index (κ1) is 18.4. The van der Waals surface area contributed by atoms with Crippen LogP contribution in [0.25, 0.3) is 0 Å². The van der Waals surface area contributed by atoms with Gasteiger partial charge in [-0.25, -0.2) is 9.78 Å². The van der Waals surface area contributed by atoms with E-state index in [1.165, 1.54) is 7.11 Å². The molecule has 1 aromatic heterocycles. The Hall–Kier alpha value is -1.98. The molecule has 0 amide bonds. The number of carbonyl (C=O) groups excluding carboxylic acids is 1. The summed E-state index contributed by atoms with van der Waals surface area (Å²) >= 11 is 12.7. The van der Waals surface area contributed by atoms with Crippen LogP contribution in [0.2, 0.25) is 10.0 Å². The number of pyridine rings is 1. The number of hydrogen-bond acceptors (Lipinski definition) is 5. The van der Waals surface area contributed by atoms with Gasteiger partial charge in [0, 0.05) is 42.7 Å². The van der Waals surface area contributed by atoms with Crippen molar-refractivity contribution in [2.24, 2.45) is 0 Å². The zero-order valence-electron chi connectivity index (χ0n) is 15.0. The second-order valence-corrected chi connectivity index (χ2v) is 7.82. The van der Waals surface area contributed by atoms with Crippen molar-refractivity contribution in [2.75, 3.05) is 25.1 Å². The molecule has 0 saturated carbocycles. The number of carbonyl (C=O) groups is 1. The van der Waals surface area contributed by atoms with Crippen molar-refractivity contribution in [1.29, 1.82) is 0 Å². The van der Waals surface area contributed by atoms with Gasteiger partial charge in [0.25, 0.3) is 0 Å². The number of rotatable bonds is 2. The molecule has 0 N–H and O–H groups in total. The molecule has 2 aliphatic rings. The molecule has 1 aromatic carbocycles. The molecule has 0 radical (unpaired) electrons. The largest absolute Gasteiger partial charge is 0.485 e. The first-order chi connectivity index (χ1) is 13.0. The number of halogens is 2. The van der Waals surface area contributed by atoms with Gasteiger partial charge in [0.15, 0.2) is 0 Å². The lowest BCUT2D eigenvalue weighted by atomic mass is 9.83. The predicted octanol–water partition coefficient (Wildman–Crippen LogP) is 4.54. The van der Waals surface area contributed by atoms with Crippen LogP contribution in [0.3, 0.4) is 0 Å². The van der Waals surface area contributed by atoms with Crippen LogP contribution in [0.4, 0.5) is 5.82 Å². The third kappa shape index (κ3) is 3.46. The van der Waals surface area contributed by atoms with Gasteiger partial charge >= 0.3 is 5.97 Å². The topological polar surface area (TPSA) is 51.7 Å². The Labute approximate surface area is 168 Å². The van der Waals surface area contributed by atoms with E-state index in [4.69, 9.17) is 32.7 Å². The highest BCUT2D eigenvalue weighted by Gasteiger charge is 2.41. The lowest BCUT2D eigenvalue weighted by Crippen LogP contribution is -2.50. The van der Waals surface area contributed by atoms with E-state index >= 15 is 0 Å². The number of benzene rings is 1. The lowest BCUT2D eigenvalue weighted by molar-refractivity contribution is 0.0226. The molecule has 0 atom stereocenters. The summed E-state index contributed by atoms with van der Waals surface area (Å²) in [6.07, 6.45) is 5.13. The van der Waals surface area contributed by atoms with Crippen LogP contribution in [0.5, 0.6) is 5.75 Å². The van der Waals surface area contributed by atoms with Gasteiger partial charge in [-0.3, -0.25) is 0 Å². The summed E-state index contributed by atoms with van der Waals surface area (Å²) in [6, 6.07) is 7.23. The monoisotopic (exact) mass is 406 g/mol. The highest BCUT2D eigenvalue weighted by Crippen LogP contribution is 2.45. The molecule has 3 heterocycles. The maximum absolute atomic E-state index is 11.5. The average molecular weight is 407 g/mol. The fraction of sp³-hybridized carbons (Fsp3) is 0.400. The summed E-state index contributed by atoms with van der Waals surface area (Å²) in [4.78, 5) is 18.2. The molecule has 0 unspecified atom stereocenters. The molecule has 0 aliphatic carbocycles. The van der Waals surface area contributed by atoms with Gasteiger partial charge in [-0.05, 0) is 37.1 Å². The smallest absolute Gasteiger partial charge is 0.339 e. The number of fused-ring (bicyclic) bond motifs is 1. The minimum atomic E-state index is -0.378. The summed E-state index contributed by atoms with van der Waals surface area (Å²) in [6.45, 7) is 1.66. The molecule has 1 fully saturated rings. The number of anilines is 1. The molecule has 2 aromatic rings. The predicted molar refractivity (Wildman–Crippen MR) is 105 cm³/mol. The summed E-state index contributed by atoms with van der Waals surface area (Å²) < 4.78 is 11.1. The number of esters is 1. The number of aromatic nitrogens is 1. The van der Waals surface area contributed by atoms with Crippen LogP contribution < -0.4 is 9.64 Å². The Morgan fingerprint density at radius 1 is 1.15 bits per heavy atom. The minimum Gasteiger partial charge on any atom is -0.485 e. The van der Waals surface area contributed by atoms with Crippen molar-refractivity contribution in [1.82, 2.24) is 4.98 Å². The van der Waals surface area contributed by atoms with E-state index in [9.17, 15) is 4.79 Å². The number of piperidine rings is 1. The van der Waals surface area contributed by atoms with Gasteiger partial charge in [-0.1, -0.05) is 23.2 Å². The van der Waals surface area contributed by atoms with E-state index in [0.29, 0.717) is 10.6 Å². The van der Waals surface area contributed by atoms with Crippen LogP contribution in [0.1, 0.15) is 35.2 Å². The van der Waals surface area contributed by atoms with Crippen LogP contribution in [-0.2, 0) is 11.2 Å². The van der Waals surface area contributed by atoms with Crippen LogP contribution in [-0.4, -0.2) is 36.8 Å². The molecule has 1 spiro atoms. The zero-order valence-corrected chi connectivity index (χ0v) is 16.5. The van der Waals surface area contributed by atoms with E-state index in [1.54, 1.807) is 18.3 Å². The van der Waals surface area contributed by atoms with Gasteiger partial charge in [0.2, 0.25) is 0 Å². The molecular formula is C20H20Cl2N2O3. The molecular weight excluding hydrogens is 387 g/mol. The Kier molecular flexibility index (Phi) is 4.91. The standard InChI is InChI=1S/C20H20Cl2N2O3/c1-26-19(25)13-2-5-17(23-12-13)24-10-8-20(9-11-24)7-6-14-15(21)3-4-16(22)18(14)27-20/h2-5,12H,6-11H2,1H3. The molecule has 4 rings (SSSR count). The average Bonchev–Trinajstić information content (AvgIpc) is 2.71. The van der Waals surface area contributed by atoms with Crippen molar-refractivity contribution in [2.45, 2.75) is 31.3 Å². The van der Waals surface area contributed by atoms with Gasteiger partial charge in [-0.2, -0.15) is 0 Å². The van der Waals surface area contributed by atoms with Gasteiger partial charge in [0.05, 0.1) is 17.7 Å². The van der Waals surface area contributed by atoms with Crippen LogP contribution >= 0.6 is 23.2 Å². The van der Waals surface area contributed by atoms with Crippen molar-refractivity contribution in [3.63, 3.8) is 0 Å². The highest BCUT2D eigenvalue weighted by molar-refractivity contribution is 6.34. The highest BCUT2D eigenvalue weighted by atomic mass is 35.5. The number of methoxy groups -OCH3 is 1. The number of ether oxygens (including phenoxy) is 2. The quantitative estimate of drug-likeness (QED) is 0.685.